The van der Waals surface area contributed by atoms with Crippen molar-refractivity contribution in [2.24, 2.45) is 14.1 Å². The second-order valence-corrected chi connectivity index (χ2v) is 9.01. The van der Waals surface area contributed by atoms with Crippen LogP contribution in [0.25, 0.3) is 22.3 Å². The van der Waals surface area contributed by atoms with E-state index < -0.39 is 5.69 Å². The number of anilines is 1. The van der Waals surface area contributed by atoms with Gasteiger partial charge in [0.1, 0.15) is 5.52 Å². The molecule has 5 rings (SSSR count). The monoisotopic (exact) mass is 503 g/mol. The number of para-hydroxylation sites is 1. The fraction of sp³-hybridized carbons (Fsp3) is 0.296. The minimum Gasteiger partial charge on any atom is -0.493 e. The van der Waals surface area contributed by atoms with E-state index in [0.717, 1.165) is 28.9 Å². The Hall–Kier alpha value is -4.47. The number of hydrogen-bond acceptors (Lipinski definition) is 6. The Kier molecular flexibility index (Phi) is 6.47. The van der Waals surface area contributed by atoms with Gasteiger partial charge in [0.05, 0.1) is 12.6 Å². The molecule has 0 unspecified atom stereocenters. The fourth-order valence-corrected chi connectivity index (χ4v) is 4.65. The van der Waals surface area contributed by atoms with Gasteiger partial charge in [0.25, 0.3) is 11.5 Å². The van der Waals surface area contributed by atoms with Crippen molar-refractivity contribution in [3.63, 3.8) is 0 Å². The lowest BCUT2D eigenvalue weighted by atomic mass is 10.1. The van der Waals surface area contributed by atoms with Crippen LogP contribution in [-0.4, -0.2) is 64.8 Å². The number of methoxy groups -OCH3 is 1. The van der Waals surface area contributed by atoms with Gasteiger partial charge in [-0.1, -0.05) is 18.2 Å². The van der Waals surface area contributed by atoms with Gasteiger partial charge >= 0.3 is 5.69 Å². The Morgan fingerprint density at radius 1 is 0.919 bits per heavy atom. The summed E-state index contributed by atoms with van der Waals surface area (Å²) in [4.78, 5) is 44.8. The molecular weight excluding hydrogens is 474 g/mol. The van der Waals surface area contributed by atoms with Crippen molar-refractivity contribution in [3.05, 3.63) is 75.4 Å². The van der Waals surface area contributed by atoms with E-state index in [1.54, 1.807) is 25.2 Å². The number of fused-ring (bicyclic) bond motifs is 1. The van der Waals surface area contributed by atoms with Gasteiger partial charge < -0.3 is 24.3 Å². The standard InChI is InChI=1S/C27H29N5O5/c1-29-21-16-20(28-25(21)26(34)30(2)27(29)35)18-9-10-22(23(15-18)36-3)37-17-24(33)32-13-11-31(12-14-32)19-7-5-4-6-8-19/h4-10,15-16,28H,11-14,17H2,1-3H3. The number of nitrogens with one attached hydrogen (secondary N) is 1. The molecule has 0 aliphatic carbocycles. The van der Waals surface area contributed by atoms with Crippen LogP contribution in [0.15, 0.2) is 64.2 Å². The van der Waals surface area contributed by atoms with Gasteiger partial charge in [0.2, 0.25) is 0 Å². The molecule has 1 fully saturated rings. The average Bonchev–Trinajstić information content (AvgIpc) is 3.40. The van der Waals surface area contributed by atoms with E-state index in [0.29, 0.717) is 41.3 Å². The van der Waals surface area contributed by atoms with E-state index in [2.05, 4.69) is 22.0 Å². The largest absolute Gasteiger partial charge is 0.493 e. The van der Waals surface area contributed by atoms with Gasteiger partial charge in [-0.25, -0.2) is 4.79 Å². The van der Waals surface area contributed by atoms with Crippen LogP contribution in [0, 0.1) is 0 Å². The van der Waals surface area contributed by atoms with Crippen molar-refractivity contribution in [2.75, 3.05) is 44.8 Å². The van der Waals surface area contributed by atoms with Crippen LogP contribution in [-0.2, 0) is 18.9 Å². The number of carbonyl (C=O) groups excluding carboxylic acids is 1. The molecule has 10 heteroatoms. The van der Waals surface area contributed by atoms with E-state index in [1.165, 1.54) is 18.7 Å². The van der Waals surface area contributed by atoms with Crippen LogP contribution < -0.4 is 25.6 Å². The number of aromatic nitrogens is 3. The Morgan fingerprint density at radius 2 is 1.65 bits per heavy atom. The van der Waals surface area contributed by atoms with Crippen molar-refractivity contribution in [1.29, 1.82) is 0 Å². The second kappa shape index (κ2) is 9.88. The Bertz CT molecular complexity index is 1560. The maximum absolute atomic E-state index is 12.8. The molecule has 192 valence electrons. The topological polar surface area (TPSA) is 102 Å². The van der Waals surface area contributed by atoms with Crippen molar-refractivity contribution in [3.8, 4) is 22.8 Å². The molecular formula is C27H29N5O5. The predicted molar refractivity (Wildman–Crippen MR) is 141 cm³/mol. The molecule has 0 radical (unpaired) electrons. The summed E-state index contributed by atoms with van der Waals surface area (Å²) in [7, 11) is 4.60. The number of amides is 1. The number of aromatic amines is 1. The first-order chi connectivity index (χ1) is 17.9. The highest BCUT2D eigenvalue weighted by molar-refractivity contribution is 5.83. The number of H-pyrrole nitrogens is 1. The third kappa shape index (κ3) is 4.57. The van der Waals surface area contributed by atoms with Gasteiger partial charge in [0, 0.05) is 57.2 Å². The van der Waals surface area contributed by atoms with Crippen LogP contribution in [0.3, 0.4) is 0 Å². The molecule has 0 atom stereocenters. The lowest BCUT2D eigenvalue weighted by Crippen LogP contribution is -2.50. The van der Waals surface area contributed by atoms with E-state index in [9.17, 15) is 14.4 Å². The lowest BCUT2D eigenvalue weighted by Gasteiger charge is -2.36. The van der Waals surface area contributed by atoms with Crippen LogP contribution in [0.4, 0.5) is 5.69 Å². The van der Waals surface area contributed by atoms with Crippen molar-refractivity contribution in [2.45, 2.75) is 0 Å². The van der Waals surface area contributed by atoms with Gasteiger partial charge in [-0.15, -0.1) is 0 Å². The number of nitrogens with zero attached hydrogens (tertiary/aromatic N) is 4. The molecule has 2 aromatic heterocycles. The summed E-state index contributed by atoms with van der Waals surface area (Å²) < 4.78 is 13.8. The summed E-state index contributed by atoms with van der Waals surface area (Å²) in [6.07, 6.45) is 0. The minimum atomic E-state index is -0.393. The van der Waals surface area contributed by atoms with Crippen LogP contribution >= 0.6 is 0 Å². The molecule has 1 N–H and O–H groups in total. The number of aryl methyl sites for hydroxylation is 1. The average molecular weight is 504 g/mol. The number of rotatable bonds is 6. The molecule has 1 saturated heterocycles. The van der Waals surface area contributed by atoms with Gasteiger partial charge in [-0.05, 0) is 36.4 Å². The van der Waals surface area contributed by atoms with E-state index in [1.807, 2.05) is 29.2 Å². The molecule has 0 saturated carbocycles. The maximum atomic E-state index is 12.8. The Balaban J connectivity index is 1.27. The molecule has 1 aliphatic rings. The van der Waals surface area contributed by atoms with Gasteiger partial charge in [-0.3, -0.25) is 18.7 Å². The summed E-state index contributed by atoms with van der Waals surface area (Å²) in [6, 6.07) is 17.2. The Morgan fingerprint density at radius 3 is 2.35 bits per heavy atom. The number of hydrogen-bond donors (Lipinski definition) is 1. The summed E-state index contributed by atoms with van der Waals surface area (Å²) in [6.45, 7) is 2.72. The lowest BCUT2D eigenvalue weighted by molar-refractivity contribution is -0.133. The quantitative estimate of drug-likeness (QED) is 0.432. The molecule has 2 aromatic carbocycles. The zero-order chi connectivity index (χ0) is 26.1. The highest BCUT2D eigenvalue weighted by atomic mass is 16.5. The highest BCUT2D eigenvalue weighted by Crippen LogP contribution is 2.33. The number of piperazine rings is 1. The third-order valence-electron chi connectivity index (χ3n) is 6.83. The Labute approximate surface area is 213 Å². The third-order valence-corrected chi connectivity index (χ3v) is 6.83. The summed E-state index contributed by atoms with van der Waals surface area (Å²) >= 11 is 0. The zero-order valence-corrected chi connectivity index (χ0v) is 21.1. The predicted octanol–water partition coefficient (Wildman–Crippen LogP) is 1.97. The van der Waals surface area contributed by atoms with E-state index in [-0.39, 0.29) is 18.1 Å². The second-order valence-electron chi connectivity index (χ2n) is 9.01. The summed E-state index contributed by atoms with van der Waals surface area (Å²) in [5, 5.41) is 0. The number of ether oxygens (including phenoxy) is 2. The van der Waals surface area contributed by atoms with Crippen molar-refractivity contribution < 1.29 is 14.3 Å². The summed E-state index contributed by atoms with van der Waals surface area (Å²) in [5.74, 6) is 0.827. The molecule has 0 bridgehead atoms. The number of benzene rings is 2. The van der Waals surface area contributed by atoms with Crippen LogP contribution in [0.2, 0.25) is 0 Å². The minimum absolute atomic E-state index is 0.0776. The molecule has 10 nitrogen and oxygen atoms in total. The normalized spacial score (nSPS) is 13.7. The molecule has 3 heterocycles. The van der Waals surface area contributed by atoms with Crippen LogP contribution in [0.5, 0.6) is 11.5 Å². The fourth-order valence-electron chi connectivity index (χ4n) is 4.65. The first kappa shape index (κ1) is 24.2. The van der Waals surface area contributed by atoms with Crippen molar-refractivity contribution >= 4 is 22.6 Å². The first-order valence-corrected chi connectivity index (χ1v) is 12.0. The maximum Gasteiger partial charge on any atom is 0.331 e. The molecule has 1 amide bonds. The van der Waals surface area contributed by atoms with Crippen molar-refractivity contribution in [1.82, 2.24) is 19.0 Å². The first-order valence-electron chi connectivity index (χ1n) is 12.0. The van der Waals surface area contributed by atoms with Gasteiger partial charge in [-0.2, -0.15) is 0 Å². The SMILES string of the molecule is COc1cc(-c2cc3c([nH]2)c(=O)n(C)c(=O)n3C)ccc1OCC(=O)N1CCN(c2ccccc2)CC1. The van der Waals surface area contributed by atoms with Gasteiger partial charge in [0.15, 0.2) is 18.1 Å². The molecule has 37 heavy (non-hydrogen) atoms. The van der Waals surface area contributed by atoms with E-state index >= 15 is 0 Å². The molecule has 1 aliphatic heterocycles. The smallest absolute Gasteiger partial charge is 0.331 e. The zero-order valence-electron chi connectivity index (χ0n) is 21.1. The molecule has 4 aromatic rings. The van der Waals surface area contributed by atoms with Crippen LogP contribution in [0.1, 0.15) is 0 Å². The molecule has 0 spiro atoms. The highest BCUT2D eigenvalue weighted by Gasteiger charge is 2.22. The van der Waals surface area contributed by atoms with E-state index in [4.69, 9.17) is 9.47 Å². The number of carbonyl (C=O) groups is 1. The summed E-state index contributed by atoms with van der Waals surface area (Å²) in [5.41, 5.74) is 2.64.